The minimum Gasteiger partial charge on any atom is -0.456 e. The number of rotatable bonds is 3. The topological polar surface area (TPSA) is 76.2 Å². The van der Waals surface area contributed by atoms with Gasteiger partial charge in [-0.2, -0.15) is 5.26 Å². The minimum atomic E-state index is -0.611. The van der Waals surface area contributed by atoms with Crippen LogP contribution in [0.15, 0.2) is 40.9 Å². The lowest BCUT2D eigenvalue weighted by Gasteiger charge is -2.08. The van der Waals surface area contributed by atoms with Crippen LogP contribution >= 0.6 is 27.5 Å². The van der Waals surface area contributed by atoms with E-state index in [-0.39, 0.29) is 11.3 Å². The fraction of sp³-hybridized carbons (Fsp3) is 0. The van der Waals surface area contributed by atoms with Crippen LogP contribution in [0.4, 0.5) is 5.69 Å². The summed E-state index contributed by atoms with van der Waals surface area (Å²) in [6.07, 6.45) is 0. The van der Waals surface area contributed by atoms with Crippen molar-refractivity contribution in [2.75, 3.05) is 0 Å². The fourth-order valence-corrected chi connectivity index (χ4v) is 2.28. The predicted molar refractivity (Wildman–Crippen MR) is 77.0 cm³/mol. The highest BCUT2D eigenvalue weighted by Crippen LogP contribution is 2.33. The highest BCUT2D eigenvalue weighted by Gasteiger charge is 2.15. The molecule has 0 aliphatic rings. The van der Waals surface area contributed by atoms with E-state index in [1.807, 2.05) is 0 Å². The quantitative estimate of drug-likeness (QED) is 0.593. The van der Waals surface area contributed by atoms with Crippen LogP contribution in [0.3, 0.4) is 0 Å². The standard InChI is InChI=1S/C13H6BrClN2O3/c14-11-6-9(15)1-4-13(11)20-10-2-3-12(17(18)19)8(5-10)7-16/h1-6H. The van der Waals surface area contributed by atoms with Crippen molar-refractivity contribution in [2.45, 2.75) is 0 Å². The van der Waals surface area contributed by atoms with E-state index in [4.69, 9.17) is 21.6 Å². The summed E-state index contributed by atoms with van der Waals surface area (Å²) >= 11 is 9.11. The number of hydrogen-bond acceptors (Lipinski definition) is 4. The van der Waals surface area contributed by atoms with Crippen molar-refractivity contribution in [3.05, 3.63) is 61.6 Å². The first kappa shape index (κ1) is 14.3. The van der Waals surface area contributed by atoms with Gasteiger partial charge in [0.2, 0.25) is 0 Å². The van der Waals surface area contributed by atoms with Crippen molar-refractivity contribution in [1.82, 2.24) is 0 Å². The Morgan fingerprint density at radius 1 is 1.30 bits per heavy atom. The SMILES string of the molecule is N#Cc1cc(Oc2ccc(Cl)cc2Br)ccc1[N+](=O)[O-]. The van der Waals surface area contributed by atoms with E-state index < -0.39 is 4.92 Å². The van der Waals surface area contributed by atoms with Gasteiger partial charge in [-0.1, -0.05) is 11.6 Å². The lowest BCUT2D eigenvalue weighted by atomic mass is 10.2. The highest BCUT2D eigenvalue weighted by atomic mass is 79.9. The molecule has 7 heteroatoms. The minimum absolute atomic E-state index is 0.0578. The predicted octanol–water partition coefficient (Wildman–Crippen LogP) is 4.67. The van der Waals surface area contributed by atoms with Gasteiger partial charge in [-0.15, -0.1) is 0 Å². The average molecular weight is 354 g/mol. The second-order valence-corrected chi connectivity index (χ2v) is 5.02. The van der Waals surface area contributed by atoms with Gasteiger partial charge >= 0.3 is 0 Å². The van der Waals surface area contributed by atoms with Crippen LogP contribution in [0, 0.1) is 21.4 Å². The molecule has 0 fully saturated rings. The summed E-state index contributed by atoms with van der Waals surface area (Å²) in [6.45, 7) is 0. The van der Waals surface area contributed by atoms with Crippen LogP contribution in [-0.2, 0) is 0 Å². The molecule has 0 heterocycles. The van der Waals surface area contributed by atoms with Gasteiger partial charge in [0.1, 0.15) is 23.1 Å². The number of benzene rings is 2. The maximum absolute atomic E-state index is 10.7. The van der Waals surface area contributed by atoms with Crippen LogP contribution in [0.2, 0.25) is 5.02 Å². The first-order valence-electron chi connectivity index (χ1n) is 5.32. The van der Waals surface area contributed by atoms with E-state index in [0.29, 0.717) is 21.0 Å². The largest absolute Gasteiger partial charge is 0.456 e. The van der Waals surface area contributed by atoms with Gasteiger partial charge in [0.15, 0.2) is 0 Å². The number of nitrogens with zero attached hydrogens (tertiary/aromatic N) is 2. The molecule has 0 aliphatic carbocycles. The number of nitro benzene ring substituents is 1. The molecule has 0 N–H and O–H groups in total. The summed E-state index contributed by atoms with van der Waals surface area (Å²) in [7, 11) is 0. The molecule has 20 heavy (non-hydrogen) atoms. The smallest absolute Gasteiger partial charge is 0.287 e. The van der Waals surface area contributed by atoms with Gasteiger partial charge in [-0.25, -0.2) is 0 Å². The van der Waals surface area contributed by atoms with E-state index in [9.17, 15) is 10.1 Å². The Bertz CT molecular complexity index is 728. The zero-order chi connectivity index (χ0) is 14.7. The summed E-state index contributed by atoms with van der Waals surface area (Å²) in [5.41, 5.74) is -0.312. The molecule has 2 aromatic carbocycles. The van der Waals surface area contributed by atoms with Crippen LogP contribution < -0.4 is 4.74 Å². The van der Waals surface area contributed by atoms with Crippen molar-refractivity contribution in [3.8, 4) is 17.6 Å². The van der Waals surface area contributed by atoms with Crippen molar-refractivity contribution >= 4 is 33.2 Å². The Morgan fingerprint density at radius 3 is 2.65 bits per heavy atom. The Balaban J connectivity index is 2.35. The number of halogens is 2. The lowest BCUT2D eigenvalue weighted by molar-refractivity contribution is -0.385. The highest BCUT2D eigenvalue weighted by molar-refractivity contribution is 9.10. The van der Waals surface area contributed by atoms with Crippen LogP contribution in [-0.4, -0.2) is 4.92 Å². The summed E-state index contributed by atoms with van der Waals surface area (Å²) in [6, 6.07) is 10.7. The molecule has 100 valence electrons. The third kappa shape index (κ3) is 3.07. The van der Waals surface area contributed by atoms with Crippen LogP contribution in [0.25, 0.3) is 0 Å². The number of nitriles is 1. The molecule has 0 saturated carbocycles. The van der Waals surface area contributed by atoms with E-state index in [1.165, 1.54) is 18.2 Å². The Hall–Kier alpha value is -2.10. The molecule has 0 saturated heterocycles. The van der Waals surface area contributed by atoms with Gasteiger partial charge in [-0.05, 0) is 40.2 Å². The molecule has 0 bridgehead atoms. The molecule has 0 amide bonds. The normalized spacial score (nSPS) is 9.85. The molecule has 2 aromatic rings. The summed E-state index contributed by atoms with van der Waals surface area (Å²) in [4.78, 5) is 10.1. The third-order valence-electron chi connectivity index (χ3n) is 2.41. The molecule has 0 unspecified atom stereocenters. The maximum atomic E-state index is 10.7. The van der Waals surface area contributed by atoms with E-state index in [0.717, 1.165) is 0 Å². The van der Waals surface area contributed by atoms with Gasteiger partial charge < -0.3 is 4.74 Å². The Morgan fingerprint density at radius 2 is 2.05 bits per heavy atom. The summed E-state index contributed by atoms with van der Waals surface area (Å²) in [5, 5.41) is 20.2. The Kier molecular flexibility index (Phi) is 4.23. The molecule has 2 rings (SSSR count). The van der Waals surface area contributed by atoms with Crippen molar-refractivity contribution in [1.29, 1.82) is 5.26 Å². The van der Waals surface area contributed by atoms with Gasteiger partial charge in [0, 0.05) is 17.2 Å². The number of nitro groups is 1. The first-order chi connectivity index (χ1) is 9.51. The molecule has 0 radical (unpaired) electrons. The fourth-order valence-electron chi connectivity index (χ4n) is 1.51. The molecule has 0 spiro atoms. The van der Waals surface area contributed by atoms with Crippen molar-refractivity contribution in [3.63, 3.8) is 0 Å². The summed E-state index contributed by atoms with van der Waals surface area (Å²) in [5.74, 6) is 0.822. The molecule has 5 nitrogen and oxygen atoms in total. The first-order valence-corrected chi connectivity index (χ1v) is 6.50. The van der Waals surface area contributed by atoms with Crippen molar-refractivity contribution < 1.29 is 9.66 Å². The molecular weight excluding hydrogens is 348 g/mol. The zero-order valence-corrected chi connectivity index (χ0v) is 12.2. The summed E-state index contributed by atoms with van der Waals surface area (Å²) < 4.78 is 6.20. The van der Waals surface area contributed by atoms with E-state index in [1.54, 1.807) is 24.3 Å². The van der Waals surface area contributed by atoms with E-state index >= 15 is 0 Å². The van der Waals surface area contributed by atoms with Gasteiger partial charge in [0.05, 0.1) is 9.40 Å². The van der Waals surface area contributed by atoms with E-state index in [2.05, 4.69) is 15.9 Å². The zero-order valence-electron chi connectivity index (χ0n) is 9.84. The van der Waals surface area contributed by atoms with Gasteiger partial charge in [-0.3, -0.25) is 10.1 Å². The third-order valence-corrected chi connectivity index (χ3v) is 3.26. The second kappa shape index (κ2) is 5.90. The molecular formula is C13H6BrClN2O3. The average Bonchev–Trinajstić information content (AvgIpc) is 2.41. The molecule has 0 aromatic heterocycles. The number of ether oxygens (including phenoxy) is 1. The van der Waals surface area contributed by atoms with Crippen LogP contribution in [0.1, 0.15) is 5.56 Å². The maximum Gasteiger partial charge on any atom is 0.287 e. The Labute approximate surface area is 127 Å². The molecule has 0 aliphatic heterocycles. The monoisotopic (exact) mass is 352 g/mol. The van der Waals surface area contributed by atoms with Crippen molar-refractivity contribution in [2.24, 2.45) is 0 Å². The lowest BCUT2D eigenvalue weighted by Crippen LogP contribution is -1.93. The van der Waals surface area contributed by atoms with Crippen LogP contribution in [0.5, 0.6) is 11.5 Å². The number of hydrogen-bond donors (Lipinski definition) is 0. The second-order valence-electron chi connectivity index (χ2n) is 3.72. The molecule has 0 atom stereocenters. The van der Waals surface area contributed by atoms with Gasteiger partial charge in [0.25, 0.3) is 5.69 Å².